The second-order valence-electron chi connectivity index (χ2n) is 5.83. The second-order valence-corrected chi connectivity index (χ2v) is 5.83. The largest absolute Gasteiger partial charge is 0.399 e. The predicted octanol–water partition coefficient (Wildman–Crippen LogP) is 1.99. The van der Waals surface area contributed by atoms with E-state index in [4.69, 9.17) is 5.73 Å². The van der Waals surface area contributed by atoms with Crippen LogP contribution in [0.15, 0.2) is 24.3 Å². The average molecular weight is 264 g/mol. The van der Waals surface area contributed by atoms with Gasteiger partial charge in [0.1, 0.15) is 0 Å². The van der Waals surface area contributed by atoms with Gasteiger partial charge in [0.15, 0.2) is 0 Å². The SMILES string of the molecule is CC(CC(=O)N(C)CC(C)(C)O)c1ccc(N)cc1. The highest BCUT2D eigenvalue weighted by Crippen LogP contribution is 2.21. The highest BCUT2D eigenvalue weighted by atomic mass is 16.3. The minimum atomic E-state index is -0.866. The van der Waals surface area contributed by atoms with Crippen LogP contribution in [0.4, 0.5) is 5.69 Å². The van der Waals surface area contributed by atoms with Crippen molar-refractivity contribution in [3.63, 3.8) is 0 Å². The van der Waals surface area contributed by atoms with E-state index in [0.717, 1.165) is 11.3 Å². The van der Waals surface area contributed by atoms with Gasteiger partial charge in [0.2, 0.25) is 5.91 Å². The summed E-state index contributed by atoms with van der Waals surface area (Å²) in [5, 5.41) is 9.71. The molecule has 0 bridgehead atoms. The van der Waals surface area contributed by atoms with E-state index in [-0.39, 0.29) is 11.8 Å². The quantitative estimate of drug-likeness (QED) is 0.799. The normalized spacial score (nSPS) is 13.1. The van der Waals surface area contributed by atoms with Gasteiger partial charge in [0.05, 0.1) is 5.60 Å². The van der Waals surface area contributed by atoms with Crippen LogP contribution in [0.25, 0.3) is 0 Å². The van der Waals surface area contributed by atoms with E-state index in [2.05, 4.69) is 0 Å². The first-order valence-corrected chi connectivity index (χ1v) is 6.51. The fourth-order valence-electron chi connectivity index (χ4n) is 2.03. The summed E-state index contributed by atoms with van der Waals surface area (Å²) in [5.41, 5.74) is 6.60. The lowest BCUT2D eigenvalue weighted by atomic mass is 9.97. The number of hydrogen-bond donors (Lipinski definition) is 2. The summed E-state index contributed by atoms with van der Waals surface area (Å²) in [5.74, 6) is 0.170. The van der Waals surface area contributed by atoms with Gasteiger partial charge in [-0.3, -0.25) is 4.79 Å². The molecule has 1 atom stereocenters. The first-order chi connectivity index (χ1) is 8.69. The number of likely N-dealkylation sites (N-methyl/N-ethyl adjacent to an activating group) is 1. The van der Waals surface area contributed by atoms with Crippen molar-refractivity contribution in [3.8, 4) is 0 Å². The fourth-order valence-corrected chi connectivity index (χ4v) is 2.03. The molecule has 4 nitrogen and oxygen atoms in total. The van der Waals surface area contributed by atoms with Crippen LogP contribution in [0.3, 0.4) is 0 Å². The Morgan fingerprint density at radius 3 is 2.37 bits per heavy atom. The summed E-state index contributed by atoms with van der Waals surface area (Å²) in [4.78, 5) is 13.6. The van der Waals surface area contributed by atoms with Gasteiger partial charge in [-0.05, 0) is 37.5 Å². The number of nitrogens with zero attached hydrogens (tertiary/aromatic N) is 1. The number of amides is 1. The van der Waals surface area contributed by atoms with E-state index in [1.807, 2.05) is 31.2 Å². The van der Waals surface area contributed by atoms with Crippen LogP contribution in [0, 0.1) is 0 Å². The highest BCUT2D eigenvalue weighted by Gasteiger charge is 2.21. The predicted molar refractivity (Wildman–Crippen MR) is 77.8 cm³/mol. The number of carbonyl (C=O) groups is 1. The van der Waals surface area contributed by atoms with Crippen molar-refractivity contribution in [2.75, 3.05) is 19.3 Å². The Bertz CT molecular complexity index is 421. The average Bonchev–Trinajstić information content (AvgIpc) is 2.27. The summed E-state index contributed by atoms with van der Waals surface area (Å²) in [6.07, 6.45) is 0.427. The number of nitrogen functional groups attached to an aromatic ring is 1. The molecular formula is C15H24N2O2. The number of aliphatic hydroxyl groups is 1. The van der Waals surface area contributed by atoms with Gasteiger partial charge in [-0.25, -0.2) is 0 Å². The Morgan fingerprint density at radius 1 is 1.37 bits per heavy atom. The van der Waals surface area contributed by atoms with Crippen molar-refractivity contribution < 1.29 is 9.90 Å². The smallest absolute Gasteiger partial charge is 0.223 e. The Morgan fingerprint density at radius 2 is 1.89 bits per heavy atom. The zero-order valence-electron chi connectivity index (χ0n) is 12.2. The summed E-state index contributed by atoms with van der Waals surface area (Å²) in [7, 11) is 1.72. The zero-order chi connectivity index (χ0) is 14.6. The molecule has 1 aromatic carbocycles. The summed E-state index contributed by atoms with van der Waals surface area (Å²) in [6, 6.07) is 7.58. The molecule has 0 aliphatic rings. The molecule has 0 heterocycles. The number of benzene rings is 1. The van der Waals surface area contributed by atoms with Gasteiger partial charge in [-0.15, -0.1) is 0 Å². The molecule has 0 saturated carbocycles. The topological polar surface area (TPSA) is 66.6 Å². The molecule has 1 unspecified atom stereocenters. The van der Waals surface area contributed by atoms with E-state index in [9.17, 15) is 9.90 Å². The molecule has 0 radical (unpaired) electrons. The molecule has 0 aromatic heterocycles. The Kier molecular flexibility index (Phi) is 4.95. The van der Waals surface area contributed by atoms with Crippen molar-refractivity contribution in [2.45, 2.75) is 38.7 Å². The molecule has 3 N–H and O–H groups in total. The van der Waals surface area contributed by atoms with Crippen molar-refractivity contribution in [2.24, 2.45) is 0 Å². The Balaban J connectivity index is 2.59. The van der Waals surface area contributed by atoms with E-state index >= 15 is 0 Å². The Hall–Kier alpha value is -1.55. The molecule has 0 aliphatic carbocycles. The minimum absolute atomic E-state index is 0.0338. The lowest BCUT2D eigenvalue weighted by Crippen LogP contribution is -2.40. The third-order valence-electron chi connectivity index (χ3n) is 3.04. The molecule has 1 amide bonds. The van der Waals surface area contributed by atoms with E-state index in [1.165, 1.54) is 0 Å². The Labute approximate surface area is 115 Å². The highest BCUT2D eigenvalue weighted by molar-refractivity contribution is 5.76. The second kappa shape index (κ2) is 6.06. The van der Waals surface area contributed by atoms with Crippen LogP contribution in [0.1, 0.15) is 38.7 Å². The van der Waals surface area contributed by atoms with Crippen LogP contribution >= 0.6 is 0 Å². The summed E-state index contributed by atoms with van der Waals surface area (Å²) in [6.45, 7) is 5.74. The monoisotopic (exact) mass is 264 g/mol. The van der Waals surface area contributed by atoms with Crippen LogP contribution in [0.2, 0.25) is 0 Å². The molecule has 0 aliphatic heterocycles. The maximum atomic E-state index is 12.1. The molecule has 0 saturated heterocycles. The number of rotatable bonds is 5. The van der Waals surface area contributed by atoms with Crippen LogP contribution in [-0.4, -0.2) is 35.1 Å². The molecule has 0 fully saturated rings. The van der Waals surface area contributed by atoms with Crippen LogP contribution in [0.5, 0.6) is 0 Å². The zero-order valence-corrected chi connectivity index (χ0v) is 12.2. The number of hydrogen-bond acceptors (Lipinski definition) is 3. The maximum absolute atomic E-state index is 12.1. The third-order valence-corrected chi connectivity index (χ3v) is 3.04. The van der Waals surface area contributed by atoms with Gasteiger partial charge in [-0.1, -0.05) is 19.1 Å². The van der Waals surface area contributed by atoms with Gasteiger partial charge in [0, 0.05) is 25.7 Å². The van der Waals surface area contributed by atoms with Crippen molar-refractivity contribution in [1.82, 2.24) is 4.90 Å². The number of carbonyl (C=O) groups excluding carboxylic acids is 1. The molecular weight excluding hydrogens is 240 g/mol. The lowest BCUT2D eigenvalue weighted by Gasteiger charge is -2.26. The van der Waals surface area contributed by atoms with Crippen LogP contribution in [-0.2, 0) is 4.79 Å². The van der Waals surface area contributed by atoms with Crippen molar-refractivity contribution in [3.05, 3.63) is 29.8 Å². The van der Waals surface area contributed by atoms with E-state index in [1.54, 1.807) is 25.8 Å². The lowest BCUT2D eigenvalue weighted by molar-refractivity contribution is -0.132. The standard InChI is InChI=1S/C15H24N2O2/c1-11(12-5-7-13(16)8-6-12)9-14(18)17(4)10-15(2,3)19/h5-8,11,19H,9-10,16H2,1-4H3. The molecule has 1 rings (SSSR count). The first kappa shape index (κ1) is 15.5. The van der Waals surface area contributed by atoms with Crippen LogP contribution < -0.4 is 5.73 Å². The fraction of sp³-hybridized carbons (Fsp3) is 0.533. The van der Waals surface area contributed by atoms with Crippen molar-refractivity contribution >= 4 is 11.6 Å². The molecule has 1 aromatic rings. The van der Waals surface area contributed by atoms with E-state index in [0.29, 0.717) is 13.0 Å². The van der Waals surface area contributed by atoms with Crippen molar-refractivity contribution in [1.29, 1.82) is 0 Å². The molecule has 106 valence electrons. The number of anilines is 1. The number of nitrogens with two attached hydrogens (primary N) is 1. The molecule has 4 heteroatoms. The summed E-state index contributed by atoms with van der Waals surface area (Å²) >= 11 is 0. The first-order valence-electron chi connectivity index (χ1n) is 6.51. The molecule has 0 spiro atoms. The summed E-state index contributed by atoms with van der Waals surface area (Å²) < 4.78 is 0. The van der Waals surface area contributed by atoms with Gasteiger partial charge in [0.25, 0.3) is 0 Å². The third kappa shape index (κ3) is 5.30. The maximum Gasteiger partial charge on any atom is 0.223 e. The minimum Gasteiger partial charge on any atom is -0.399 e. The molecule has 19 heavy (non-hydrogen) atoms. The van der Waals surface area contributed by atoms with Gasteiger partial charge < -0.3 is 15.7 Å². The van der Waals surface area contributed by atoms with E-state index < -0.39 is 5.60 Å². The van der Waals surface area contributed by atoms with Gasteiger partial charge in [-0.2, -0.15) is 0 Å². The van der Waals surface area contributed by atoms with Gasteiger partial charge >= 0.3 is 0 Å².